The van der Waals surface area contributed by atoms with Gasteiger partial charge in [-0.15, -0.1) is 0 Å². The molecular weight excluding hydrogens is 292 g/mol. The van der Waals surface area contributed by atoms with E-state index in [2.05, 4.69) is 10.3 Å². The third kappa shape index (κ3) is 4.34. The van der Waals surface area contributed by atoms with E-state index in [9.17, 15) is 4.79 Å². The fourth-order valence-electron chi connectivity index (χ4n) is 2.10. The smallest absolute Gasteiger partial charge is 0.232 e. The van der Waals surface area contributed by atoms with Crippen LogP contribution in [0.15, 0.2) is 28.7 Å². The minimum atomic E-state index is -0.180. The number of aromatic nitrogens is 1. The molecule has 1 N–H and O–H groups in total. The molecule has 0 aliphatic carbocycles. The van der Waals surface area contributed by atoms with Crippen LogP contribution in [0.25, 0.3) is 0 Å². The lowest BCUT2D eigenvalue weighted by molar-refractivity contribution is -0.115. The molecule has 0 saturated carbocycles. The van der Waals surface area contributed by atoms with Gasteiger partial charge in [-0.25, -0.2) is 4.98 Å². The number of carbonyl (C=O) groups excluding carboxylic acids is 1. The third-order valence-electron chi connectivity index (χ3n) is 3.32. The van der Waals surface area contributed by atoms with Crippen molar-refractivity contribution in [2.45, 2.75) is 46.5 Å². The molecule has 124 valence electrons. The van der Waals surface area contributed by atoms with Crippen molar-refractivity contribution in [3.8, 4) is 5.75 Å². The Morgan fingerprint density at radius 1 is 1.30 bits per heavy atom. The average molecular weight is 316 g/mol. The number of rotatable bonds is 5. The third-order valence-corrected chi connectivity index (χ3v) is 3.32. The molecule has 2 rings (SSSR count). The summed E-state index contributed by atoms with van der Waals surface area (Å²) in [5, 5.41) is 2.87. The van der Waals surface area contributed by atoms with Crippen molar-refractivity contribution < 1.29 is 13.9 Å². The number of hydrogen-bond donors (Lipinski definition) is 1. The van der Waals surface area contributed by atoms with E-state index in [4.69, 9.17) is 9.15 Å². The SMILES string of the molecule is CCOc1ccccc1NC(=O)Cc1oc(C(C)(C)C)nc1C. The van der Waals surface area contributed by atoms with Gasteiger partial charge in [0.05, 0.1) is 24.4 Å². The molecule has 0 aliphatic rings. The van der Waals surface area contributed by atoms with Crippen molar-refractivity contribution in [2.24, 2.45) is 0 Å². The standard InChI is InChI=1S/C18H24N2O3/c1-6-22-14-10-8-7-9-13(14)20-16(21)11-15-12(2)19-17(23-15)18(3,4)5/h7-10H,6,11H2,1-5H3,(H,20,21). The van der Waals surface area contributed by atoms with Gasteiger partial charge in [0.1, 0.15) is 11.5 Å². The first-order chi connectivity index (χ1) is 10.8. The molecule has 0 atom stereocenters. The number of amides is 1. The van der Waals surface area contributed by atoms with E-state index < -0.39 is 0 Å². The quantitative estimate of drug-likeness (QED) is 0.909. The van der Waals surface area contributed by atoms with Crippen LogP contribution in [0.3, 0.4) is 0 Å². The van der Waals surface area contributed by atoms with Gasteiger partial charge in [-0.2, -0.15) is 0 Å². The van der Waals surface area contributed by atoms with Crippen LogP contribution in [0.4, 0.5) is 5.69 Å². The number of anilines is 1. The Bertz CT molecular complexity index is 684. The van der Waals surface area contributed by atoms with Crippen molar-refractivity contribution in [2.75, 3.05) is 11.9 Å². The summed E-state index contributed by atoms with van der Waals surface area (Å²) in [6.45, 7) is 10.4. The van der Waals surface area contributed by atoms with Crippen LogP contribution in [0.5, 0.6) is 5.75 Å². The average Bonchev–Trinajstić information content (AvgIpc) is 2.82. The first-order valence-corrected chi connectivity index (χ1v) is 7.79. The largest absolute Gasteiger partial charge is 0.492 e. The summed E-state index contributed by atoms with van der Waals surface area (Å²) < 4.78 is 11.3. The first kappa shape index (κ1) is 17.1. The van der Waals surface area contributed by atoms with Crippen LogP contribution < -0.4 is 10.1 Å². The number of nitrogens with zero attached hydrogens (tertiary/aromatic N) is 1. The zero-order valence-electron chi connectivity index (χ0n) is 14.4. The molecule has 0 aliphatic heterocycles. The fourth-order valence-corrected chi connectivity index (χ4v) is 2.10. The van der Waals surface area contributed by atoms with Crippen molar-refractivity contribution in [3.05, 3.63) is 41.6 Å². The number of oxazole rings is 1. The van der Waals surface area contributed by atoms with E-state index in [1.807, 2.05) is 58.9 Å². The maximum atomic E-state index is 12.3. The monoisotopic (exact) mass is 316 g/mol. The van der Waals surface area contributed by atoms with Crippen LogP contribution in [0, 0.1) is 6.92 Å². The van der Waals surface area contributed by atoms with E-state index in [1.165, 1.54) is 0 Å². The second-order valence-corrected chi connectivity index (χ2v) is 6.43. The molecule has 0 spiro atoms. The summed E-state index contributed by atoms with van der Waals surface area (Å²) in [7, 11) is 0. The number of hydrogen-bond acceptors (Lipinski definition) is 4. The normalized spacial score (nSPS) is 11.3. The van der Waals surface area contributed by atoms with Crippen molar-refractivity contribution in [3.63, 3.8) is 0 Å². The number of ether oxygens (including phenoxy) is 1. The summed E-state index contributed by atoms with van der Waals surface area (Å²) >= 11 is 0. The van der Waals surface area contributed by atoms with Crippen molar-refractivity contribution in [1.82, 2.24) is 4.98 Å². The Morgan fingerprint density at radius 2 is 2.00 bits per heavy atom. The molecule has 5 nitrogen and oxygen atoms in total. The van der Waals surface area contributed by atoms with Gasteiger partial charge >= 0.3 is 0 Å². The summed E-state index contributed by atoms with van der Waals surface area (Å²) in [6, 6.07) is 7.37. The molecule has 0 fully saturated rings. The van der Waals surface area contributed by atoms with Crippen LogP contribution >= 0.6 is 0 Å². The molecular formula is C18H24N2O3. The van der Waals surface area contributed by atoms with Crippen LogP contribution in [0.2, 0.25) is 0 Å². The van der Waals surface area contributed by atoms with Gasteiger partial charge in [0.25, 0.3) is 0 Å². The van der Waals surface area contributed by atoms with Gasteiger partial charge in [0.15, 0.2) is 5.89 Å². The Kier molecular flexibility index (Phi) is 5.08. The van der Waals surface area contributed by atoms with Gasteiger partial charge < -0.3 is 14.5 Å². The molecule has 1 amide bonds. The molecule has 0 bridgehead atoms. The summed E-state index contributed by atoms with van der Waals surface area (Å²) in [5.74, 6) is 1.75. The highest BCUT2D eigenvalue weighted by molar-refractivity contribution is 5.93. The maximum absolute atomic E-state index is 12.3. The lowest BCUT2D eigenvalue weighted by Gasteiger charge is -2.12. The zero-order chi connectivity index (χ0) is 17.0. The molecule has 1 aromatic carbocycles. The van der Waals surface area contributed by atoms with E-state index in [0.717, 1.165) is 5.69 Å². The minimum absolute atomic E-state index is 0.148. The molecule has 0 radical (unpaired) electrons. The topological polar surface area (TPSA) is 64.4 Å². The number of carbonyl (C=O) groups is 1. The number of nitrogens with one attached hydrogen (secondary N) is 1. The van der Waals surface area contributed by atoms with Crippen LogP contribution in [-0.2, 0) is 16.6 Å². The molecule has 5 heteroatoms. The van der Waals surface area contributed by atoms with E-state index in [0.29, 0.717) is 29.7 Å². The number of para-hydroxylation sites is 2. The van der Waals surface area contributed by atoms with E-state index >= 15 is 0 Å². The van der Waals surface area contributed by atoms with Gasteiger partial charge in [-0.1, -0.05) is 32.9 Å². The van der Waals surface area contributed by atoms with Crippen LogP contribution in [-0.4, -0.2) is 17.5 Å². The summed E-state index contributed by atoms with van der Waals surface area (Å²) in [5.41, 5.74) is 1.23. The Morgan fingerprint density at radius 3 is 2.61 bits per heavy atom. The second kappa shape index (κ2) is 6.86. The molecule has 1 aromatic heterocycles. The highest BCUT2D eigenvalue weighted by Gasteiger charge is 2.23. The molecule has 1 heterocycles. The molecule has 2 aromatic rings. The maximum Gasteiger partial charge on any atom is 0.232 e. The first-order valence-electron chi connectivity index (χ1n) is 7.79. The summed E-state index contributed by atoms with van der Waals surface area (Å²) in [4.78, 5) is 16.7. The number of aryl methyl sites for hydroxylation is 1. The molecule has 23 heavy (non-hydrogen) atoms. The van der Waals surface area contributed by atoms with Crippen molar-refractivity contribution in [1.29, 1.82) is 0 Å². The van der Waals surface area contributed by atoms with Gasteiger partial charge in [0, 0.05) is 5.41 Å². The predicted octanol–water partition coefficient (Wildman–Crippen LogP) is 3.86. The molecule has 0 unspecified atom stereocenters. The molecule has 0 saturated heterocycles. The fraction of sp³-hybridized carbons (Fsp3) is 0.444. The van der Waals surface area contributed by atoms with Gasteiger partial charge in [-0.3, -0.25) is 4.79 Å². The highest BCUT2D eigenvalue weighted by atomic mass is 16.5. The van der Waals surface area contributed by atoms with Crippen LogP contribution in [0.1, 0.15) is 45.0 Å². The van der Waals surface area contributed by atoms with E-state index in [-0.39, 0.29) is 17.7 Å². The van der Waals surface area contributed by atoms with E-state index in [1.54, 1.807) is 0 Å². The number of benzene rings is 1. The Hall–Kier alpha value is -2.30. The lowest BCUT2D eigenvalue weighted by atomic mass is 9.97. The zero-order valence-corrected chi connectivity index (χ0v) is 14.4. The second-order valence-electron chi connectivity index (χ2n) is 6.43. The predicted molar refractivity (Wildman–Crippen MR) is 89.9 cm³/mol. The Labute approximate surface area is 137 Å². The van der Waals surface area contributed by atoms with Gasteiger partial charge in [-0.05, 0) is 26.0 Å². The van der Waals surface area contributed by atoms with Crippen molar-refractivity contribution >= 4 is 11.6 Å². The highest BCUT2D eigenvalue weighted by Crippen LogP contribution is 2.26. The minimum Gasteiger partial charge on any atom is -0.492 e. The lowest BCUT2D eigenvalue weighted by Crippen LogP contribution is -2.15. The van der Waals surface area contributed by atoms with Gasteiger partial charge in [0.2, 0.25) is 5.91 Å². The Balaban J connectivity index is 2.10. The summed E-state index contributed by atoms with van der Waals surface area (Å²) in [6.07, 6.45) is 0.148.